The van der Waals surface area contributed by atoms with Gasteiger partial charge < -0.3 is 14.8 Å². The number of carbonyl (C=O) groups is 1. The molecule has 1 heterocycles. The van der Waals surface area contributed by atoms with Gasteiger partial charge in [0, 0.05) is 11.5 Å². The summed E-state index contributed by atoms with van der Waals surface area (Å²) in [5.41, 5.74) is 1.04. The highest BCUT2D eigenvalue weighted by Gasteiger charge is 2.32. The van der Waals surface area contributed by atoms with Gasteiger partial charge in [-0.25, -0.2) is 9.18 Å². The van der Waals surface area contributed by atoms with E-state index in [1.807, 2.05) is 13.8 Å². The van der Waals surface area contributed by atoms with Crippen molar-refractivity contribution in [3.63, 3.8) is 0 Å². The minimum atomic E-state index is -0.638. The molecule has 1 aromatic rings. The Kier molecular flexibility index (Phi) is 6.82. The molecular formula is C20H30FNO3. The predicted molar refractivity (Wildman–Crippen MR) is 96.8 cm³/mol. The zero-order valence-electron chi connectivity index (χ0n) is 15.8. The van der Waals surface area contributed by atoms with Gasteiger partial charge in [-0.2, -0.15) is 0 Å². The van der Waals surface area contributed by atoms with Crippen LogP contribution < -0.4 is 10.1 Å². The molecule has 1 saturated heterocycles. The van der Waals surface area contributed by atoms with Crippen LogP contribution in [0.1, 0.15) is 68.3 Å². The number of nitrogens with one attached hydrogen (secondary N) is 1. The lowest BCUT2D eigenvalue weighted by Crippen LogP contribution is -2.38. The maximum atomic E-state index is 14.2. The second-order valence-electron chi connectivity index (χ2n) is 6.99. The van der Waals surface area contributed by atoms with Crippen LogP contribution in [0.15, 0.2) is 12.1 Å². The average molecular weight is 351 g/mol. The van der Waals surface area contributed by atoms with E-state index in [0.29, 0.717) is 18.3 Å². The molecule has 0 bridgehead atoms. The molecule has 0 spiro atoms. The van der Waals surface area contributed by atoms with Crippen LogP contribution in [0.4, 0.5) is 4.39 Å². The number of hydrogen-bond acceptors (Lipinski definition) is 4. The lowest BCUT2D eigenvalue weighted by atomic mass is 9.82. The van der Waals surface area contributed by atoms with Crippen LogP contribution in [0, 0.1) is 11.2 Å². The van der Waals surface area contributed by atoms with Crippen molar-refractivity contribution in [1.82, 2.24) is 5.32 Å². The Labute approximate surface area is 150 Å². The number of benzene rings is 1. The summed E-state index contributed by atoms with van der Waals surface area (Å²) in [6.45, 7) is 8.77. The number of methoxy groups -OCH3 is 1. The Balaban J connectivity index is 0.00000109. The fourth-order valence-corrected chi connectivity index (χ4v) is 3.10. The van der Waals surface area contributed by atoms with Gasteiger partial charge in [0.25, 0.3) is 0 Å². The van der Waals surface area contributed by atoms with Crippen molar-refractivity contribution in [2.24, 2.45) is 5.41 Å². The number of rotatable bonds is 5. The molecule has 1 aliphatic heterocycles. The van der Waals surface area contributed by atoms with Gasteiger partial charge in [0.15, 0.2) is 0 Å². The second-order valence-corrected chi connectivity index (χ2v) is 6.99. The summed E-state index contributed by atoms with van der Waals surface area (Å²) in [7, 11) is 1.26. The average Bonchev–Trinajstić information content (AvgIpc) is 3.47. The molecule has 25 heavy (non-hydrogen) atoms. The molecular weight excluding hydrogens is 321 g/mol. The molecule has 0 unspecified atom stereocenters. The third-order valence-corrected chi connectivity index (χ3v) is 4.91. The van der Waals surface area contributed by atoms with Crippen LogP contribution in [-0.2, 0) is 4.74 Å². The number of ether oxygens (including phenoxy) is 2. The second kappa shape index (κ2) is 8.65. The third-order valence-electron chi connectivity index (χ3n) is 4.91. The summed E-state index contributed by atoms with van der Waals surface area (Å²) in [6.07, 6.45) is 4.22. The highest BCUT2D eigenvalue weighted by molar-refractivity contribution is 5.90. The lowest BCUT2D eigenvalue weighted by Gasteiger charge is -2.34. The molecule has 2 aliphatic rings. The predicted octanol–water partition coefficient (Wildman–Crippen LogP) is 4.28. The molecule has 3 rings (SSSR count). The zero-order valence-corrected chi connectivity index (χ0v) is 15.8. The standard InChI is InChI=1S/C18H24FNO3.C2H6/c1-18(5-7-20-8-6-18)11-23-16-10-15(19)14(17(21)22-2)9-13(16)12-3-4-12;1-2/h9-10,12,20H,3-8,11H2,1-2H3;1-2H3. The molecule has 2 fully saturated rings. The first-order chi connectivity index (χ1) is 12.0. The maximum Gasteiger partial charge on any atom is 0.340 e. The SMILES string of the molecule is CC.COC(=O)c1cc(C2CC2)c(OCC2(C)CCNCC2)cc1F. The highest BCUT2D eigenvalue weighted by atomic mass is 19.1. The number of carbonyl (C=O) groups excluding carboxylic acids is 1. The van der Waals surface area contributed by atoms with Crippen molar-refractivity contribution >= 4 is 5.97 Å². The molecule has 0 radical (unpaired) electrons. The van der Waals surface area contributed by atoms with Crippen LogP contribution in [0.3, 0.4) is 0 Å². The van der Waals surface area contributed by atoms with Crippen molar-refractivity contribution in [3.05, 3.63) is 29.1 Å². The summed E-state index contributed by atoms with van der Waals surface area (Å²) in [6, 6.07) is 2.96. The van der Waals surface area contributed by atoms with E-state index >= 15 is 0 Å². The van der Waals surface area contributed by atoms with Gasteiger partial charge in [0.1, 0.15) is 11.6 Å². The summed E-state index contributed by atoms with van der Waals surface area (Å²) in [5, 5.41) is 3.35. The van der Waals surface area contributed by atoms with E-state index in [4.69, 9.17) is 4.74 Å². The fraction of sp³-hybridized carbons (Fsp3) is 0.650. The van der Waals surface area contributed by atoms with E-state index in [2.05, 4.69) is 17.0 Å². The molecule has 1 aliphatic carbocycles. The van der Waals surface area contributed by atoms with Crippen LogP contribution in [-0.4, -0.2) is 32.8 Å². The van der Waals surface area contributed by atoms with E-state index in [9.17, 15) is 9.18 Å². The van der Waals surface area contributed by atoms with E-state index in [1.165, 1.54) is 13.2 Å². The quantitative estimate of drug-likeness (QED) is 0.804. The molecule has 140 valence electrons. The number of hydrogen-bond donors (Lipinski definition) is 1. The van der Waals surface area contributed by atoms with Gasteiger partial charge in [0.2, 0.25) is 0 Å². The molecule has 0 aromatic heterocycles. The van der Waals surface area contributed by atoms with E-state index in [-0.39, 0.29) is 11.0 Å². The van der Waals surface area contributed by atoms with Gasteiger partial charge in [-0.05, 0) is 56.3 Å². The Hall–Kier alpha value is -1.62. The molecule has 1 saturated carbocycles. The Morgan fingerprint density at radius 3 is 2.48 bits per heavy atom. The van der Waals surface area contributed by atoms with Gasteiger partial charge in [0.05, 0.1) is 19.3 Å². The largest absolute Gasteiger partial charge is 0.493 e. The number of piperidine rings is 1. The van der Waals surface area contributed by atoms with Crippen LogP contribution in [0.2, 0.25) is 0 Å². The first kappa shape index (κ1) is 19.7. The Morgan fingerprint density at radius 2 is 1.92 bits per heavy atom. The van der Waals surface area contributed by atoms with E-state index in [0.717, 1.165) is 44.3 Å². The Morgan fingerprint density at radius 1 is 1.28 bits per heavy atom. The number of esters is 1. The molecule has 1 N–H and O–H groups in total. The molecule has 0 atom stereocenters. The first-order valence-electron chi connectivity index (χ1n) is 9.28. The van der Waals surface area contributed by atoms with Crippen LogP contribution in [0.25, 0.3) is 0 Å². The summed E-state index contributed by atoms with van der Waals surface area (Å²) in [4.78, 5) is 11.7. The van der Waals surface area contributed by atoms with Crippen molar-refractivity contribution in [1.29, 1.82) is 0 Å². The molecule has 0 amide bonds. The summed E-state index contributed by atoms with van der Waals surface area (Å²) < 4.78 is 24.9. The maximum absolute atomic E-state index is 14.2. The zero-order chi connectivity index (χ0) is 18.4. The van der Waals surface area contributed by atoms with Crippen molar-refractivity contribution in [2.75, 3.05) is 26.8 Å². The van der Waals surface area contributed by atoms with Gasteiger partial charge in [-0.15, -0.1) is 0 Å². The van der Waals surface area contributed by atoms with Crippen molar-refractivity contribution < 1.29 is 18.7 Å². The lowest BCUT2D eigenvalue weighted by molar-refractivity contribution is 0.0595. The first-order valence-corrected chi connectivity index (χ1v) is 9.28. The monoisotopic (exact) mass is 351 g/mol. The molecule has 1 aromatic carbocycles. The third kappa shape index (κ3) is 4.94. The molecule has 4 nitrogen and oxygen atoms in total. The smallest absolute Gasteiger partial charge is 0.340 e. The fourth-order valence-electron chi connectivity index (χ4n) is 3.10. The van der Waals surface area contributed by atoms with Gasteiger partial charge >= 0.3 is 5.97 Å². The topological polar surface area (TPSA) is 47.6 Å². The summed E-state index contributed by atoms with van der Waals surface area (Å²) >= 11 is 0. The summed E-state index contributed by atoms with van der Waals surface area (Å²) in [5.74, 6) is -0.264. The van der Waals surface area contributed by atoms with E-state index < -0.39 is 11.8 Å². The molecule has 5 heteroatoms. The Bertz CT molecular complexity index is 593. The van der Waals surface area contributed by atoms with Crippen molar-refractivity contribution in [2.45, 2.75) is 52.4 Å². The minimum Gasteiger partial charge on any atom is -0.493 e. The van der Waals surface area contributed by atoms with Gasteiger partial charge in [-0.1, -0.05) is 20.8 Å². The van der Waals surface area contributed by atoms with Crippen LogP contribution >= 0.6 is 0 Å². The van der Waals surface area contributed by atoms with Gasteiger partial charge in [-0.3, -0.25) is 0 Å². The number of halogens is 1. The van der Waals surface area contributed by atoms with E-state index in [1.54, 1.807) is 6.07 Å². The normalized spacial score (nSPS) is 18.8. The van der Waals surface area contributed by atoms with Crippen LogP contribution in [0.5, 0.6) is 5.75 Å². The minimum absolute atomic E-state index is 0.00479. The van der Waals surface area contributed by atoms with Crippen molar-refractivity contribution in [3.8, 4) is 5.75 Å². The highest BCUT2D eigenvalue weighted by Crippen LogP contribution is 2.45.